The Labute approximate surface area is 99.8 Å². The molecule has 0 radical (unpaired) electrons. The smallest absolute Gasteiger partial charge is 0.274 e. The summed E-state index contributed by atoms with van der Waals surface area (Å²) in [6.45, 7) is 2.50. The van der Waals surface area contributed by atoms with E-state index < -0.39 is 4.92 Å². The molecule has 17 heavy (non-hydrogen) atoms. The van der Waals surface area contributed by atoms with Gasteiger partial charge in [-0.05, 0) is 38.1 Å². The molecule has 1 saturated heterocycles. The number of benzene rings is 1. The van der Waals surface area contributed by atoms with Crippen LogP contribution in [0.4, 0.5) is 5.69 Å². The van der Waals surface area contributed by atoms with E-state index in [0.717, 1.165) is 25.9 Å². The number of phenols is 1. The van der Waals surface area contributed by atoms with Crippen molar-refractivity contribution in [3.8, 4) is 5.75 Å². The summed E-state index contributed by atoms with van der Waals surface area (Å²) in [7, 11) is 0. The summed E-state index contributed by atoms with van der Waals surface area (Å²) < 4.78 is 0. The van der Waals surface area contributed by atoms with E-state index >= 15 is 0 Å². The van der Waals surface area contributed by atoms with Gasteiger partial charge in [-0.1, -0.05) is 6.42 Å². The van der Waals surface area contributed by atoms with Crippen molar-refractivity contribution in [3.05, 3.63) is 33.9 Å². The molecule has 1 aromatic rings. The van der Waals surface area contributed by atoms with Gasteiger partial charge in [0.25, 0.3) is 5.69 Å². The van der Waals surface area contributed by atoms with Crippen molar-refractivity contribution in [3.63, 3.8) is 0 Å². The van der Waals surface area contributed by atoms with Crippen LogP contribution in [0.5, 0.6) is 5.75 Å². The zero-order valence-corrected chi connectivity index (χ0v) is 9.63. The van der Waals surface area contributed by atoms with Crippen LogP contribution in [0.1, 0.15) is 24.8 Å². The van der Waals surface area contributed by atoms with Gasteiger partial charge in [0.05, 0.1) is 4.92 Å². The maximum Gasteiger partial charge on any atom is 0.274 e. The first-order valence-electron chi connectivity index (χ1n) is 5.85. The molecular formula is C12H16N2O3. The van der Waals surface area contributed by atoms with E-state index in [4.69, 9.17) is 0 Å². The van der Waals surface area contributed by atoms with Crippen molar-refractivity contribution in [2.24, 2.45) is 0 Å². The van der Waals surface area contributed by atoms with Crippen LogP contribution in [0.15, 0.2) is 18.2 Å². The lowest BCUT2D eigenvalue weighted by atomic mass is 10.1. The second-order valence-corrected chi connectivity index (χ2v) is 4.41. The summed E-state index contributed by atoms with van der Waals surface area (Å²) in [5, 5.41) is 20.3. The van der Waals surface area contributed by atoms with Crippen LogP contribution < -0.4 is 0 Å². The monoisotopic (exact) mass is 236 g/mol. The summed E-state index contributed by atoms with van der Waals surface area (Å²) in [5.41, 5.74) is 0.685. The normalized spacial score (nSPS) is 16.9. The van der Waals surface area contributed by atoms with E-state index in [9.17, 15) is 15.2 Å². The molecule has 1 aliphatic heterocycles. The molecule has 0 bridgehead atoms. The maximum atomic E-state index is 10.9. The maximum absolute atomic E-state index is 10.9. The van der Waals surface area contributed by atoms with Crippen molar-refractivity contribution in [1.82, 2.24) is 4.90 Å². The number of hydrogen-bond donors (Lipinski definition) is 1. The second kappa shape index (κ2) is 5.14. The molecule has 1 aliphatic rings. The molecule has 1 fully saturated rings. The number of aromatic hydroxyl groups is 1. The lowest BCUT2D eigenvalue weighted by molar-refractivity contribution is -0.385. The summed E-state index contributed by atoms with van der Waals surface area (Å²) in [6, 6.07) is 4.22. The molecule has 5 nitrogen and oxygen atoms in total. The molecule has 0 aliphatic carbocycles. The van der Waals surface area contributed by atoms with Crippen molar-refractivity contribution < 1.29 is 10.0 Å². The summed E-state index contributed by atoms with van der Waals surface area (Å²) in [5.74, 6) is 0.0857. The molecule has 5 heteroatoms. The molecule has 0 atom stereocenters. The minimum atomic E-state index is -0.390. The zero-order chi connectivity index (χ0) is 12.3. The molecule has 2 rings (SSSR count). The van der Waals surface area contributed by atoms with Gasteiger partial charge >= 0.3 is 0 Å². The number of hydrogen-bond acceptors (Lipinski definition) is 4. The van der Waals surface area contributed by atoms with Gasteiger partial charge in [-0.3, -0.25) is 15.0 Å². The van der Waals surface area contributed by atoms with E-state index in [0.29, 0.717) is 12.1 Å². The first-order chi connectivity index (χ1) is 8.16. The first kappa shape index (κ1) is 11.9. The Bertz CT molecular complexity index is 414. The zero-order valence-electron chi connectivity index (χ0n) is 9.63. The van der Waals surface area contributed by atoms with Gasteiger partial charge in [0.2, 0.25) is 0 Å². The molecule has 0 amide bonds. The highest BCUT2D eigenvalue weighted by atomic mass is 16.6. The molecule has 0 saturated carbocycles. The van der Waals surface area contributed by atoms with Crippen molar-refractivity contribution in [2.75, 3.05) is 13.1 Å². The third-order valence-electron chi connectivity index (χ3n) is 3.10. The van der Waals surface area contributed by atoms with Crippen molar-refractivity contribution >= 4 is 5.69 Å². The van der Waals surface area contributed by atoms with Gasteiger partial charge in [-0.25, -0.2) is 0 Å². The van der Waals surface area contributed by atoms with Crippen LogP contribution in [0.2, 0.25) is 0 Å². The SMILES string of the molecule is O=[N+]([O-])c1ccc(O)cc1CN1CCCCC1. The Kier molecular flexibility index (Phi) is 3.58. The second-order valence-electron chi connectivity index (χ2n) is 4.41. The van der Waals surface area contributed by atoms with Gasteiger partial charge in [-0.15, -0.1) is 0 Å². The Morgan fingerprint density at radius 1 is 1.29 bits per heavy atom. The summed E-state index contributed by atoms with van der Waals surface area (Å²) >= 11 is 0. The van der Waals surface area contributed by atoms with Crippen LogP contribution in [-0.2, 0) is 6.54 Å². The average Bonchev–Trinajstić information content (AvgIpc) is 2.30. The van der Waals surface area contributed by atoms with Crippen molar-refractivity contribution in [1.29, 1.82) is 0 Å². The number of rotatable bonds is 3. The van der Waals surface area contributed by atoms with Crippen LogP contribution in [-0.4, -0.2) is 28.0 Å². The van der Waals surface area contributed by atoms with Crippen molar-refractivity contribution in [2.45, 2.75) is 25.8 Å². The largest absolute Gasteiger partial charge is 0.508 e. The molecular weight excluding hydrogens is 220 g/mol. The van der Waals surface area contributed by atoms with E-state index in [-0.39, 0.29) is 11.4 Å². The Morgan fingerprint density at radius 2 is 2.00 bits per heavy atom. The highest BCUT2D eigenvalue weighted by Gasteiger charge is 2.18. The number of nitro groups is 1. The van der Waals surface area contributed by atoms with Gasteiger partial charge in [0.1, 0.15) is 5.75 Å². The number of nitrogens with zero attached hydrogens (tertiary/aromatic N) is 2. The fraction of sp³-hybridized carbons (Fsp3) is 0.500. The van der Waals surface area contributed by atoms with E-state index in [2.05, 4.69) is 4.90 Å². The number of phenolic OH excluding ortho intramolecular Hbond substituents is 1. The molecule has 1 N–H and O–H groups in total. The third kappa shape index (κ3) is 2.94. The molecule has 0 spiro atoms. The van der Waals surface area contributed by atoms with Gasteiger partial charge in [0.15, 0.2) is 0 Å². The molecule has 1 aromatic carbocycles. The van der Waals surface area contributed by atoms with E-state index in [1.54, 1.807) is 0 Å². The molecule has 1 heterocycles. The molecule has 92 valence electrons. The predicted molar refractivity (Wildman–Crippen MR) is 63.9 cm³/mol. The standard InChI is InChI=1S/C12H16N2O3/c15-11-4-5-12(14(16)17)10(8-11)9-13-6-2-1-3-7-13/h4-5,8,15H,1-3,6-7,9H2. The van der Waals surface area contributed by atoms with E-state index in [1.165, 1.54) is 24.6 Å². The van der Waals surface area contributed by atoms with Crippen LogP contribution in [0.25, 0.3) is 0 Å². The van der Waals surface area contributed by atoms with Gasteiger partial charge < -0.3 is 5.11 Å². The predicted octanol–water partition coefficient (Wildman–Crippen LogP) is 2.29. The Hall–Kier alpha value is -1.62. The van der Waals surface area contributed by atoms with Crippen LogP contribution in [0.3, 0.4) is 0 Å². The minimum absolute atomic E-state index is 0.0857. The lowest BCUT2D eigenvalue weighted by Crippen LogP contribution is -2.29. The number of piperidine rings is 1. The highest BCUT2D eigenvalue weighted by molar-refractivity contribution is 5.44. The van der Waals surface area contributed by atoms with Gasteiger partial charge in [0, 0.05) is 18.2 Å². The quantitative estimate of drug-likeness (QED) is 0.646. The summed E-state index contributed by atoms with van der Waals surface area (Å²) in [6.07, 6.45) is 3.53. The fourth-order valence-corrected chi connectivity index (χ4v) is 2.24. The highest BCUT2D eigenvalue weighted by Crippen LogP contribution is 2.25. The lowest BCUT2D eigenvalue weighted by Gasteiger charge is -2.26. The van der Waals surface area contributed by atoms with E-state index in [1.807, 2.05) is 0 Å². The fourth-order valence-electron chi connectivity index (χ4n) is 2.24. The van der Waals surface area contributed by atoms with Crippen LogP contribution >= 0.6 is 0 Å². The topological polar surface area (TPSA) is 66.6 Å². The number of likely N-dealkylation sites (tertiary alicyclic amines) is 1. The summed E-state index contributed by atoms with van der Waals surface area (Å²) in [4.78, 5) is 12.7. The van der Waals surface area contributed by atoms with Gasteiger partial charge in [-0.2, -0.15) is 0 Å². The Morgan fingerprint density at radius 3 is 2.65 bits per heavy atom. The van der Waals surface area contributed by atoms with Crippen LogP contribution in [0, 0.1) is 10.1 Å². The Balaban J connectivity index is 2.17. The minimum Gasteiger partial charge on any atom is -0.508 e. The first-order valence-corrected chi connectivity index (χ1v) is 5.85. The number of nitro benzene ring substituents is 1. The molecule has 0 aromatic heterocycles. The third-order valence-corrected chi connectivity index (χ3v) is 3.10. The average molecular weight is 236 g/mol. The molecule has 0 unspecified atom stereocenters.